The normalized spacial score (nSPS) is 14.4. The molecule has 132 valence electrons. The van der Waals surface area contributed by atoms with Gasteiger partial charge in [0.15, 0.2) is 0 Å². The maximum atomic E-state index is 11.9. The van der Waals surface area contributed by atoms with Gasteiger partial charge in [-0.3, -0.25) is 19.2 Å². The van der Waals surface area contributed by atoms with Gasteiger partial charge in [0.25, 0.3) is 0 Å². The van der Waals surface area contributed by atoms with E-state index in [4.69, 9.17) is 21.7 Å². The fourth-order valence-electron chi connectivity index (χ4n) is 1.68. The quantitative estimate of drug-likeness (QED) is 0.234. The SMILES string of the molecule is CC(NC(=O)C(CC(=O)O)NC(=O)C(N)CCCCN)C(=O)O. The van der Waals surface area contributed by atoms with Gasteiger partial charge in [-0.15, -0.1) is 0 Å². The number of nitrogens with two attached hydrogens (primary N) is 2. The summed E-state index contributed by atoms with van der Waals surface area (Å²) in [5.74, 6) is -4.17. The average Bonchev–Trinajstić information content (AvgIpc) is 2.45. The average molecular weight is 332 g/mol. The van der Waals surface area contributed by atoms with Crippen molar-refractivity contribution in [1.29, 1.82) is 0 Å². The van der Waals surface area contributed by atoms with Crippen LogP contribution in [0.4, 0.5) is 0 Å². The Labute approximate surface area is 133 Å². The molecule has 8 N–H and O–H groups in total. The Bertz CT molecular complexity index is 442. The van der Waals surface area contributed by atoms with Gasteiger partial charge in [0.05, 0.1) is 12.5 Å². The van der Waals surface area contributed by atoms with Crippen LogP contribution in [0.3, 0.4) is 0 Å². The van der Waals surface area contributed by atoms with E-state index in [2.05, 4.69) is 10.6 Å². The summed E-state index contributed by atoms with van der Waals surface area (Å²) in [6.07, 6.45) is 0.975. The third-order valence-corrected chi connectivity index (χ3v) is 3.05. The fourth-order valence-corrected chi connectivity index (χ4v) is 1.68. The van der Waals surface area contributed by atoms with Gasteiger partial charge in [-0.1, -0.05) is 6.42 Å². The largest absolute Gasteiger partial charge is 0.481 e. The highest BCUT2D eigenvalue weighted by Gasteiger charge is 2.27. The Morgan fingerprint density at radius 1 is 1.04 bits per heavy atom. The lowest BCUT2D eigenvalue weighted by Crippen LogP contribution is -2.54. The molecule has 0 aromatic carbocycles. The zero-order valence-electron chi connectivity index (χ0n) is 12.9. The summed E-state index contributed by atoms with van der Waals surface area (Å²) in [5.41, 5.74) is 11.0. The van der Waals surface area contributed by atoms with E-state index >= 15 is 0 Å². The minimum Gasteiger partial charge on any atom is -0.481 e. The summed E-state index contributed by atoms with van der Waals surface area (Å²) in [6, 6.07) is -3.51. The highest BCUT2D eigenvalue weighted by molar-refractivity contribution is 5.93. The number of carboxylic acid groups (broad SMARTS) is 2. The molecule has 0 aliphatic heterocycles. The molecule has 0 rings (SSSR count). The van der Waals surface area contributed by atoms with Crippen LogP contribution in [0.15, 0.2) is 0 Å². The predicted molar refractivity (Wildman–Crippen MR) is 80.3 cm³/mol. The van der Waals surface area contributed by atoms with Crippen molar-refractivity contribution in [3.63, 3.8) is 0 Å². The zero-order valence-corrected chi connectivity index (χ0v) is 12.9. The van der Waals surface area contributed by atoms with Gasteiger partial charge in [-0.25, -0.2) is 0 Å². The fraction of sp³-hybridized carbons (Fsp3) is 0.692. The lowest BCUT2D eigenvalue weighted by atomic mass is 10.1. The number of rotatable bonds is 11. The molecule has 0 fully saturated rings. The molecule has 10 nitrogen and oxygen atoms in total. The van der Waals surface area contributed by atoms with Gasteiger partial charge >= 0.3 is 11.9 Å². The summed E-state index contributed by atoms with van der Waals surface area (Å²) in [6.45, 7) is 1.68. The second-order valence-corrected chi connectivity index (χ2v) is 5.12. The van der Waals surface area contributed by atoms with E-state index in [1.54, 1.807) is 0 Å². The molecule has 0 saturated heterocycles. The highest BCUT2D eigenvalue weighted by atomic mass is 16.4. The highest BCUT2D eigenvalue weighted by Crippen LogP contribution is 2.01. The maximum absolute atomic E-state index is 11.9. The van der Waals surface area contributed by atoms with Crippen LogP contribution in [0.2, 0.25) is 0 Å². The van der Waals surface area contributed by atoms with Gasteiger partial charge in [-0.2, -0.15) is 0 Å². The van der Waals surface area contributed by atoms with E-state index in [1.165, 1.54) is 6.92 Å². The van der Waals surface area contributed by atoms with Crippen LogP contribution in [0.25, 0.3) is 0 Å². The van der Waals surface area contributed by atoms with Gasteiger partial charge in [0, 0.05) is 0 Å². The van der Waals surface area contributed by atoms with Crippen LogP contribution >= 0.6 is 0 Å². The zero-order chi connectivity index (χ0) is 18.0. The first-order chi connectivity index (χ1) is 10.7. The molecule has 2 amide bonds. The van der Waals surface area contributed by atoms with Crippen molar-refractivity contribution in [1.82, 2.24) is 10.6 Å². The van der Waals surface area contributed by atoms with Crippen molar-refractivity contribution in [3.8, 4) is 0 Å². The van der Waals surface area contributed by atoms with E-state index in [1.807, 2.05) is 0 Å². The molecule has 10 heteroatoms. The molecular formula is C13H24N4O6. The van der Waals surface area contributed by atoms with Gasteiger partial charge in [0.1, 0.15) is 12.1 Å². The molecule has 3 unspecified atom stereocenters. The van der Waals surface area contributed by atoms with Crippen molar-refractivity contribution in [2.45, 2.75) is 50.7 Å². The van der Waals surface area contributed by atoms with Crippen molar-refractivity contribution < 1.29 is 29.4 Å². The van der Waals surface area contributed by atoms with Crippen LogP contribution in [-0.4, -0.2) is 58.6 Å². The number of aliphatic carboxylic acids is 2. The number of amides is 2. The molecule has 0 aromatic rings. The van der Waals surface area contributed by atoms with Crippen LogP contribution < -0.4 is 22.1 Å². The lowest BCUT2D eigenvalue weighted by Gasteiger charge is -2.20. The standard InChI is InChI=1S/C13H24N4O6/c1-7(13(22)23)16-12(21)9(6-10(18)19)17-11(20)8(15)4-2-3-5-14/h7-9H,2-6,14-15H2,1H3,(H,16,21)(H,17,20)(H,18,19)(H,22,23). The Hall–Kier alpha value is -2.20. The second-order valence-electron chi connectivity index (χ2n) is 5.12. The van der Waals surface area contributed by atoms with Crippen LogP contribution in [0.5, 0.6) is 0 Å². The number of carbonyl (C=O) groups excluding carboxylic acids is 2. The molecule has 0 aromatic heterocycles. The van der Waals surface area contributed by atoms with E-state index in [9.17, 15) is 19.2 Å². The number of hydrogen-bond acceptors (Lipinski definition) is 6. The van der Waals surface area contributed by atoms with Gasteiger partial charge in [0.2, 0.25) is 11.8 Å². The minimum atomic E-state index is -1.40. The molecule has 0 radical (unpaired) electrons. The number of carboxylic acids is 2. The molecule has 3 atom stereocenters. The van der Waals surface area contributed by atoms with Crippen molar-refractivity contribution in [3.05, 3.63) is 0 Å². The summed E-state index contributed by atoms with van der Waals surface area (Å²) >= 11 is 0. The Morgan fingerprint density at radius 2 is 1.65 bits per heavy atom. The number of unbranched alkanes of at least 4 members (excludes halogenated alkanes) is 1. The van der Waals surface area contributed by atoms with Crippen LogP contribution in [-0.2, 0) is 19.2 Å². The molecule has 0 spiro atoms. The smallest absolute Gasteiger partial charge is 0.325 e. The Balaban J connectivity index is 4.71. The summed E-state index contributed by atoms with van der Waals surface area (Å²) in [7, 11) is 0. The van der Waals surface area contributed by atoms with Crippen LogP contribution in [0.1, 0.15) is 32.6 Å². The van der Waals surface area contributed by atoms with E-state index in [0.29, 0.717) is 25.8 Å². The molecule has 0 bridgehead atoms. The molecule has 0 aliphatic carbocycles. The number of hydrogen-bond donors (Lipinski definition) is 6. The van der Waals surface area contributed by atoms with Gasteiger partial charge in [-0.05, 0) is 26.3 Å². The summed E-state index contributed by atoms with van der Waals surface area (Å²) in [4.78, 5) is 45.3. The summed E-state index contributed by atoms with van der Waals surface area (Å²) in [5, 5.41) is 21.9. The van der Waals surface area contributed by atoms with Crippen LogP contribution in [0, 0.1) is 0 Å². The Kier molecular flexibility index (Phi) is 9.51. The van der Waals surface area contributed by atoms with E-state index in [-0.39, 0.29) is 0 Å². The molecule has 0 saturated carbocycles. The Morgan fingerprint density at radius 3 is 2.13 bits per heavy atom. The first-order valence-corrected chi connectivity index (χ1v) is 7.20. The second kappa shape index (κ2) is 10.5. The number of carbonyl (C=O) groups is 4. The van der Waals surface area contributed by atoms with Crippen molar-refractivity contribution >= 4 is 23.8 Å². The molecule has 0 heterocycles. The van der Waals surface area contributed by atoms with Crippen molar-refractivity contribution in [2.75, 3.05) is 6.54 Å². The lowest BCUT2D eigenvalue weighted by molar-refractivity contribution is -0.143. The first kappa shape index (κ1) is 20.8. The molecule has 0 aliphatic rings. The third-order valence-electron chi connectivity index (χ3n) is 3.05. The third kappa shape index (κ3) is 8.73. The first-order valence-electron chi connectivity index (χ1n) is 7.20. The topological polar surface area (TPSA) is 185 Å². The molecular weight excluding hydrogens is 308 g/mol. The van der Waals surface area contributed by atoms with Gasteiger partial charge < -0.3 is 32.3 Å². The van der Waals surface area contributed by atoms with E-state index in [0.717, 1.165) is 0 Å². The monoisotopic (exact) mass is 332 g/mol. The minimum absolute atomic E-state index is 0.343. The van der Waals surface area contributed by atoms with Crippen molar-refractivity contribution in [2.24, 2.45) is 11.5 Å². The summed E-state index contributed by atoms with van der Waals surface area (Å²) < 4.78 is 0. The predicted octanol–water partition coefficient (Wildman–Crippen LogP) is -2.01. The maximum Gasteiger partial charge on any atom is 0.325 e. The molecule has 23 heavy (non-hydrogen) atoms. The number of nitrogens with one attached hydrogen (secondary N) is 2. The van der Waals surface area contributed by atoms with E-state index < -0.39 is 48.3 Å².